The van der Waals surface area contributed by atoms with Gasteiger partial charge in [0.15, 0.2) is 0 Å². The maximum absolute atomic E-state index is 12.9. The largest absolute Gasteiger partial charge is 0.353 e. The standard InChI is InChI=1S/C23H33N5O3S/c1-6-17(4)26-32(30,31)20-9-7-19(8-10-20)23(29)28-13-11-27(12-14-28)21-15-18(5)24-22(25-21)16(2)3/h7-10,15-17,26H,6,11-14H2,1-5H3. The van der Waals surface area contributed by atoms with Crippen LogP contribution in [0.1, 0.15) is 61.9 Å². The van der Waals surface area contributed by atoms with Crippen LogP contribution in [0.3, 0.4) is 0 Å². The number of carbonyl (C=O) groups excluding carboxylic acids is 1. The molecule has 2 aromatic rings. The van der Waals surface area contributed by atoms with Gasteiger partial charge in [-0.25, -0.2) is 23.1 Å². The van der Waals surface area contributed by atoms with E-state index < -0.39 is 10.0 Å². The highest BCUT2D eigenvalue weighted by atomic mass is 32.2. The molecule has 0 radical (unpaired) electrons. The topological polar surface area (TPSA) is 95.5 Å². The predicted molar refractivity (Wildman–Crippen MR) is 125 cm³/mol. The number of amides is 1. The summed E-state index contributed by atoms with van der Waals surface area (Å²) in [5.74, 6) is 1.89. The lowest BCUT2D eigenvalue weighted by Crippen LogP contribution is -2.49. The first-order chi connectivity index (χ1) is 15.1. The minimum Gasteiger partial charge on any atom is -0.353 e. The molecule has 0 saturated carbocycles. The molecule has 9 heteroatoms. The van der Waals surface area contributed by atoms with Crippen LogP contribution in [0.2, 0.25) is 0 Å². The van der Waals surface area contributed by atoms with E-state index in [9.17, 15) is 13.2 Å². The highest BCUT2D eigenvalue weighted by molar-refractivity contribution is 7.89. The summed E-state index contributed by atoms with van der Waals surface area (Å²) in [7, 11) is -3.58. The Labute approximate surface area is 191 Å². The fraction of sp³-hybridized carbons (Fsp3) is 0.522. The number of benzene rings is 1. The lowest BCUT2D eigenvalue weighted by Gasteiger charge is -2.35. The van der Waals surface area contributed by atoms with Gasteiger partial charge in [-0.3, -0.25) is 4.79 Å². The second-order valence-electron chi connectivity index (χ2n) is 8.61. The smallest absolute Gasteiger partial charge is 0.253 e. The first kappa shape index (κ1) is 24.1. The van der Waals surface area contributed by atoms with Crippen molar-refractivity contribution in [2.45, 2.75) is 57.9 Å². The lowest BCUT2D eigenvalue weighted by atomic mass is 10.1. The lowest BCUT2D eigenvalue weighted by molar-refractivity contribution is 0.0746. The number of nitrogens with zero attached hydrogens (tertiary/aromatic N) is 4. The molecule has 1 aromatic carbocycles. The van der Waals surface area contributed by atoms with E-state index in [4.69, 9.17) is 4.98 Å². The van der Waals surface area contributed by atoms with Crippen LogP contribution in [-0.4, -0.2) is 61.4 Å². The molecule has 174 valence electrons. The molecule has 1 aliphatic heterocycles. The van der Waals surface area contributed by atoms with Gasteiger partial charge in [-0.05, 0) is 44.5 Å². The van der Waals surface area contributed by atoms with E-state index in [1.165, 1.54) is 12.1 Å². The second-order valence-corrected chi connectivity index (χ2v) is 10.3. The van der Waals surface area contributed by atoms with Gasteiger partial charge in [-0.1, -0.05) is 20.8 Å². The molecule has 2 heterocycles. The summed E-state index contributed by atoms with van der Waals surface area (Å²) in [6.07, 6.45) is 0.704. The molecule has 1 atom stereocenters. The third-order valence-corrected chi connectivity index (χ3v) is 7.25. The van der Waals surface area contributed by atoms with Crippen molar-refractivity contribution in [2.75, 3.05) is 31.1 Å². The van der Waals surface area contributed by atoms with Crippen LogP contribution in [0.4, 0.5) is 5.82 Å². The van der Waals surface area contributed by atoms with Crippen LogP contribution in [0.15, 0.2) is 35.2 Å². The van der Waals surface area contributed by atoms with Crippen molar-refractivity contribution >= 4 is 21.7 Å². The fourth-order valence-corrected chi connectivity index (χ4v) is 4.84. The van der Waals surface area contributed by atoms with Crippen molar-refractivity contribution in [3.63, 3.8) is 0 Å². The monoisotopic (exact) mass is 459 g/mol. The third kappa shape index (κ3) is 5.63. The van der Waals surface area contributed by atoms with E-state index in [-0.39, 0.29) is 22.8 Å². The van der Waals surface area contributed by atoms with E-state index >= 15 is 0 Å². The van der Waals surface area contributed by atoms with Crippen molar-refractivity contribution in [1.82, 2.24) is 19.6 Å². The summed E-state index contributed by atoms with van der Waals surface area (Å²) in [5.41, 5.74) is 1.43. The zero-order chi connectivity index (χ0) is 23.5. The van der Waals surface area contributed by atoms with E-state index in [1.807, 2.05) is 26.8 Å². The molecule has 3 rings (SSSR count). The van der Waals surface area contributed by atoms with Gasteiger partial charge in [0, 0.05) is 55.5 Å². The van der Waals surface area contributed by atoms with E-state index in [1.54, 1.807) is 17.0 Å². The number of piperazine rings is 1. The molecule has 1 aromatic heterocycles. The normalized spacial score (nSPS) is 15.8. The minimum absolute atomic E-state index is 0.0924. The van der Waals surface area contributed by atoms with Crippen LogP contribution < -0.4 is 9.62 Å². The first-order valence-electron chi connectivity index (χ1n) is 11.1. The molecule has 1 saturated heterocycles. The van der Waals surface area contributed by atoms with Gasteiger partial charge in [0.25, 0.3) is 5.91 Å². The van der Waals surface area contributed by atoms with Crippen molar-refractivity contribution in [1.29, 1.82) is 0 Å². The summed E-state index contributed by atoms with van der Waals surface area (Å²) in [6, 6.07) is 7.99. The van der Waals surface area contributed by atoms with Crippen LogP contribution in [0, 0.1) is 6.92 Å². The molecule has 8 nitrogen and oxygen atoms in total. The molecule has 1 aliphatic rings. The fourth-order valence-electron chi connectivity index (χ4n) is 3.51. The van der Waals surface area contributed by atoms with Gasteiger partial charge in [0.05, 0.1) is 4.90 Å². The highest BCUT2D eigenvalue weighted by Gasteiger charge is 2.24. The third-order valence-electron chi connectivity index (χ3n) is 5.65. The second kappa shape index (κ2) is 9.95. The molecule has 1 N–H and O–H groups in total. The average molecular weight is 460 g/mol. The zero-order valence-electron chi connectivity index (χ0n) is 19.5. The highest BCUT2D eigenvalue weighted by Crippen LogP contribution is 2.20. The quantitative estimate of drug-likeness (QED) is 0.684. The molecule has 1 fully saturated rings. The van der Waals surface area contributed by atoms with Crippen molar-refractivity contribution in [3.8, 4) is 0 Å². The van der Waals surface area contributed by atoms with Crippen LogP contribution in [-0.2, 0) is 10.0 Å². The molecule has 32 heavy (non-hydrogen) atoms. The van der Waals surface area contributed by atoms with Gasteiger partial charge in [-0.15, -0.1) is 0 Å². The van der Waals surface area contributed by atoms with Crippen molar-refractivity contribution < 1.29 is 13.2 Å². The molecule has 0 aliphatic carbocycles. The molecule has 0 bridgehead atoms. The Hall–Kier alpha value is -2.52. The number of hydrogen-bond acceptors (Lipinski definition) is 6. The number of aromatic nitrogens is 2. The number of anilines is 1. The van der Waals surface area contributed by atoms with E-state index in [2.05, 4.69) is 28.5 Å². The number of nitrogens with one attached hydrogen (secondary N) is 1. The molecule has 1 unspecified atom stereocenters. The van der Waals surface area contributed by atoms with Gasteiger partial charge < -0.3 is 9.80 Å². The number of sulfonamides is 1. The molecule has 1 amide bonds. The Morgan fingerprint density at radius 3 is 2.25 bits per heavy atom. The summed E-state index contributed by atoms with van der Waals surface area (Å²) in [4.78, 5) is 26.3. The average Bonchev–Trinajstić information content (AvgIpc) is 2.78. The van der Waals surface area contributed by atoms with E-state index in [0.717, 1.165) is 17.3 Å². The Morgan fingerprint density at radius 2 is 1.69 bits per heavy atom. The Kier molecular flexibility index (Phi) is 7.51. The van der Waals surface area contributed by atoms with Gasteiger partial charge >= 0.3 is 0 Å². The maximum Gasteiger partial charge on any atom is 0.253 e. The SMILES string of the molecule is CCC(C)NS(=O)(=O)c1ccc(C(=O)N2CCN(c3cc(C)nc(C(C)C)n3)CC2)cc1. The molecular formula is C23H33N5O3S. The maximum atomic E-state index is 12.9. The van der Waals surface area contributed by atoms with Crippen LogP contribution in [0.25, 0.3) is 0 Å². The Balaban J connectivity index is 1.64. The van der Waals surface area contributed by atoms with Crippen molar-refractivity contribution in [3.05, 3.63) is 47.4 Å². The summed E-state index contributed by atoms with van der Waals surface area (Å²) in [6.45, 7) is 12.4. The number of hydrogen-bond donors (Lipinski definition) is 1. The Bertz CT molecular complexity index is 1050. The predicted octanol–water partition coefficient (Wildman–Crippen LogP) is 2.95. The molecule has 0 spiro atoms. The number of aryl methyl sites for hydroxylation is 1. The summed E-state index contributed by atoms with van der Waals surface area (Å²) >= 11 is 0. The van der Waals surface area contributed by atoms with Gasteiger partial charge in [0.2, 0.25) is 10.0 Å². The zero-order valence-corrected chi connectivity index (χ0v) is 20.3. The van der Waals surface area contributed by atoms with Gasteiger partial charge in [0.1, 0.15) is 11.6 Å². The van der Waals surface area contributed by atoms with Gasteiger partial charge in [-0.2, -0.15) is 0 Å². The number of carbonyl (C=O) groups is 1. The van der Waals surface area contributed by atoms with Crippen molar-refractivity contribution in [2.24, 2.45) is 0 Å². The molecular weight excluding hydrogens is 426 g/mol. The summed E-state index contributed by atoms with van der Waals surface area (Å²) in [5, 5.41) is 0. The Morgan fingerprint density at radius 1 is 1.06 bits per heavy atom. The summed E-state index contributed by atoms with van der Waals surface area (Å²) < 4.78 is 27.5. The van der Waals surface area contributed by atoms with E-state index in [0.29, 0.717) is 38.2 Å². The first-order valence-corrected chi connectivity index (χ1v) is 12.6. The number of rotatable bonds is 7. The van der Waals surface area contributed by atoms with Crippen LogP contribution >= 0.6 is 0 Å². The minimum atomic E-state index is -3.58. The van der Waals surface area contributed by atoms with Crippen LogP contribution in [0.5, 0.6) is 0 Å².